The van der Waals surface area contributed by atoms with Crippen LogP contribution in [0.3, 0.4) is 0 Å². The maximum atomic E-state index is 13.0. The van der Waals surface area contributed by atoms with E-state index in [4.69, 9.17) is 18.9 Å². The summed E-state index contributed by atoms with van der Waals surface area (Å²) in [5.74, 6) is 1.57. The van der Waals surface area contributed by atoms with Gasteiger partial charge in [0.2, 0.25) is 12.7 Å². The summed E-state index contributed by atoms with van der Waals surface area (Å²) in [7, 11) is 0. The van der Waals surface area contributed by atoms with Crippen molar-refractivity contribution in [2.45, 2.75) is 6.10 Å². The van der Waals surface area contributed by atoms with Crippen molar-refractivity contribution in [1.29, 1.82) is 0 Å². The Morgan fingerprint density at radius 2 is 1.81 bits per heavy atom. The third-order valence-electron chi connectivity index (χ3n) is 5.45. The number of ether oxygens (including phenoxy) is 4. The Kier molecular flexibility index (Phi) is 5.25. The van der Waals surface area contributed by atoms with Gasteiger partial charge in [-0.05, 0) is 24.3 Å². The zero-order valence-corrected chi connectivity index (χ0v) is 16.9. The van der Waals surface area contributed by atoms with Gasteiger partial charge in [0.1, 0.15) is 5.75 Å². The fourth-order valence-electron chi connectivity index (χ4n) is 3.92. The Morgan fingerprint density at radius 3 is 2.68 bits per heavy atom. The molecule has 2 aromatic rings. The fraction of sp³-hybridized carbons (Fsp3) is 0.364. The zero-order chi connectivity index (χ0) is 21.2. The molecule has 0 radical (unpaired) electrons. The molecule has 1 atom stereocenters. The molecular formula is C22H23N3O6. The van der Waals surface area contributed by atoms with Gasteiger partial charge < -0.3 is 34.1 Å². The third-order valence-corrected chi connectivity index (χ3v) is 5.45. The van der Waals surface area contributed by atoms with Crippen molar-refractivity contribution in [1.82, 2.24) is 4.90 Å². The summed E-state index contributed by atoms with van der Waals surface area (Å²) in [6.45, 7) is 2.70. The lowest BCUT2D eigenvalue weighted by atomic mass is 10.1. The fourth-order valence-corrected chi connectivity index (χ4v) is 3.92. The summed E-state index contributed by atoms with van der Waals surface area (Å²) in [6, 6.07) is 12.7. The molecule has 3 aliphatic heterocycles. The highest BCUT2D eigenvalue weighted by Crippen LogP contribution is 2.35. The van der Waals surface area contributed by atoms with Crippen LogP contribution < -0.4 is 24.4 Å². The number of fused-ring (bicyclic) bond motifs is 2. The van der Waals surface area contributed by atoms with Gasteiger partial charge >= 0.3 is 0 Å². The van der Waals surface area contributed by atoms with Crippen LogP contribution in [0.5, 0.6) is 17.2 Å². The van der Waals surface area contributed by atoms with Crippen LogP contribution in [0.2, 0.25) is 0 Å². The van der Waals surface area contributed by atoms with E-state index in [-0.39, 0.29) is 25.2 Å². The minimum Gasteiger partial charge on any atom is -0.477 e. The quantitative estimate of drug-likeness (QED) is 0.794. The van der Waals surface area contributed by atoms with Crippen LogP contribution in [0, 0.1) is 0 Å². The van der Waals surface area contributed by atoms with Gasteiger partial charge in [-0.3, -0.25) is 9.59 Å². The van der Waals surface area contributed by atoms with Crippen LogP contribution in [0.1, 0.15) is 0 Å². The van der Waals surface area contributed by atoms with Crippen molar-refractivity contribution in [2.24, 2.45) is 0 Å². The predicted octanol–water partition coefficient (Wildman–Crippen LogP) is 1.48. The van der Waals surface area contributed by atoms with Crippen LogP contribution in [-0.2, 0) is 14.3 Å². The molecule has 2 amide bonds. The average Bonchev–Trinajstić information content (AvgIpc) is 3.27. The van der Waals surface area contributed by atoms with Gasteiger partial charge in [-0.15, -0.1) is 0 Å². The number of nitrogens with zero attached hydrogens (tertiary/aromatic N) is 2. The number of amides is 2. The van der Waals surface area contributed by atoms with Crippen molar-refractivity contribution in [3.05, 3.63) is 42.5 Å². The van der Waals surface area contributed by atoms with Crippen LogP contribution in [0.4, 0.5) is 11.4 Å². The lowest BCUT2D eigenvalue weighted by Gasteiger charge is -2.38. The molecule has 3 heterocycles. The number of morpholine rings is 1. The molecule has 0 aliphatic carbocycles. The van der Waals surface area contributed by atoms with E-state index in [9.17, 15) is 9.59 Å². The number of para-hydroxylation sites is 2. The van der Waals surface area contributed by atoms with Crippen molar-refractivity contribution in [3.8, 4) is 17.2 Å². The number of benzene rings is 2. The van der Waals surface area contributed by atoms with E-state index in [1.165, 1.54) is 0 Å². The van der Waals surface area contributed by atoms with Crippen molar-refractivity contribution < 1.29 is 28.5 Å². The summed E-state index contributed by atoms with van der Waals surface area (Å²) in [5.41, 5.74) is 1.41. The molecule has 0 unspecified atom stereocenters. The van der Waals surface area contributed by atoms with Crippen LogP contribution >= 0.6 is 0 Å². The molecule has 1 saturated heterocycles. The highest BCUT2D eigenvalue weighted by Gasteiger charge is 2.34. The average molecular weight is 425 g/mol. The summed E-state index contributed by atoms with van der Waals surface area (Å²) in [6.07, 6.45) is -0.675. The standard InChI is InChI=1S/C22H23N3O6/c26-21(23-15-5-6-18-19(11-15)30-14-29-18)13-25-12-20(22(27)24-7-9-28-10-8-24)31-17-4-2-1-3-16(17)25/h1-6,11,20H,7-10,12-14H2,(H,23,26)/t20-/m0/s1. The third kappa shape index (κ3) is 4.09. The minimum absolute atomic E-state index is 0.0843. The lowest BCUT2D eigenvalue weighted by molar-refractivity contribution is -0.142. The largest absolute Gasteiger partial charge is 0.477 e. The van der Waals surface area contributed by atoms with Gasteiger partial charge in [0.05, 0.1) is 32.0 Å². The molecule has 162 valence electrons. The van der Waals surface area contributed by atoms with E-state index in [1.807, 2.05) is 29.2 Å². The first-order valence-corrected chi connectivity index (χ1v) is 10.2. The maximum absolute atomic E-state index is 13.0. The smallest absolute Gasteiger partial charge is 0.265 e. The van der Waals surface area contributed by atoms with Gasteiger partial charge in [0.25, 0.3) is 5.91 Å². The highest BCUT2D eigenvalue weighted by molar-refractivity contribution is 5.95. The number of anilines is 2. The second-order valence-corrected chi connectivity index (χ2v) is 7.51. The molecule has 0 aromatic heterocycles. The maximum Gasteiger partial charge on any atom is 0.265 e. The topological polar surface area (TPSA) is 89.6 Å². The molecule has 1 N–H and O–H groups in total. The summed E-state index contributed by atoms with van der Waals surface area (Å²) in [5, 5.41) is 2.89. The van der Waals surface area contributed by atoms with E-state index >= 15 is 0 Å². The Morgan fingerprint density at radius 1 is 1.00 bits per heavy atom. The lowest BCUT2D eigenvalue weighted by Crippen LogP contribution is -2.53. The first-order valence-electron chi connectivity index (χ1n) is 10.2. The number of carbonyl (C=O) groups is 2. The molecule has 31 heavy (non-hydrogen) atoms. The van der Waals surface area contributed by atoms with Crippen LogP contribution in [0.15, 0.2) is 42.5 Å². The highest BCUT2D eigenvalue weighted by atomic mass is 16.7. The molecule has 0 saturated carbocycles. The molecule has 1 fully saturated rings. The van der Waals surface area contributed by atoms with Gasteiger partial charge in [0, 0.05) is 24.8 Å². The Hall–Kier alpha value is -3.46. The van der Waals surface area contributed by atoms with E-state index in [2.05, 4.69) is 5.32 Å². The number of hydrogen-bond donors (Lipinski definition) is 1. The Bertz CT molecular complexity index is 991. The van der Waals surface area contributed by atoms with Crippen molar-refractivity contribution >= 4 is 23.2 Å². The number of hydrogen-bond acceptors (Lipinski definition) is 7. The van der Waals surface area contributed by atoms with Crippen LogP contribution in [0.25, 0.3) is 0 Å². The molecule has 5 rings (SSSR count). The van der Waals surface area contributed by atoms with Gasteiger partial charge in [0.15, 0.2) is 17.6 Å². The summed E-state index contributed by atoms with van der Waals surface area (Å²) < 4.78 is 22.0. The SMILES string of the molecule is O=C(CN1C[C@@H](C(=O)N2CCOCC2)Oc2ccccc21)Nc1ccc2c(c1)OCO2. The van der Waals surface area contributed by atoms with E-state index < -0.39 is 6.10 Å². The molecule has 3 aliphatic rings. The molecular weight excluding hydrogens is 402 g/mol. The van der Waals surface area contributed by atoms with Crippen LogP contribution in [-0.4, -0.2) is 69.0 Å². The predicted molar refractivity (Wildman–Crippen MR) is 112 cm³/mol. The second kappa shape index (κ2) is 8.35. The van der Waals surface area contributed by atoms with E-state index in [0.29, 0.717) is 55.8 Å². The van der Waals surface area contributed by atoms with E-state index in [1.54, 1.807) is 23.1 Å². The molecule has 9 nitrogen and oxygen atoms in total. The molecule has 9 heteroatoms. The Balaban J connectivity index is 1.30. The van der Waals surface area contributed by atoms with Gasteiger partial charge in [-0.2, -0.15) is 0 Å². The van der Waals surface area contributed by atoms with Gasteiger partial charge in [-0.1, -0.05) is 12.1 Å². The number of carbonyl (C=O) groups excluding carboxylic acids is 2. The normalized spacial score (nSPS) is 19.4. The Labute approximate surface area is 179 Å². The molecule has 2 aromatic carbocycles. The van der Waals surface area contributed by atoms with Crippen molar-refractivity contribution in [2.75, 3.05) is 56.4 Å². The van der Waals surface area contributed by atoms with E-state index in [0.717, 1.165) is 5.69 Å². The molecule has 0 spiro atoms. The molecule has 0 bridgehead atoms. The van der Waals surface area contributed by atoms with Gasteiger partial charge in [-0.25, -0.2) is 0 Å². The summed E-state index contributed by atoms with van der Waals surface area (Å²) in [4.78, 5) is 29.4. The zero-order valence-electron chi connectivity index (χ0n) is 16.9. The first kappa shape index (κ1) is 19.5. The minimum atomic E-state index is -0.675. The van der Waals surface area contributed by atoms with Crippen molar-refractivity contribution in [3.63, 3.8) is 0 Å². The second-order valence-electron chi connectivity index (χ2n) is 7.51. The monoisotopic (exact) mass is 425 g/mol. The first-order chi connectivity index (χ1) is 15.2. The summed E-state index contributed by atoms with van der Waals surface area (Å²) >= 11 is 0. The number of rotatable bonds is 4. The number of nitrogens with one attached hydrogen (secondary N) is 1.